The number of hydrogen-bond donors (Lipinski definition) is 1. The van der Waals surface area contributed by atoms with Crippen molar-refractivity contribution >= 4 is 23.7 Å². The molecule has 0 aromatic heterocycles. The number of nitrogens with one attached hydrogen (secondary N) is 1. The fourth-order valence-corrected chi connectivity index (χ4v) is 2.40. The highest BCUT2D eigenvalue weighted by molar-refractivity contribution is 5.90. The fourth-order valence-electron chi connectivity index (χ4n) is 2.40. The van der Waals surface area contributed by atoms with Gasteiger partial charge in [0.05, 0.1) is 6.54 Å². The Balaban J connectivity index is 1.72. The maximum atomic E-state index is 12.0. The first-order valence-corrected chi connectivity index (χ1v) is 7.17. The molecule has 1 N–H and O–H groups in total. The van der Waals surface area contributed by atoms with E-state index >= 15 is 0 Å². The summed E-state index contributed by atoms with van der Waals surface area (Å²) >= 11 is 0. The molecule has 2 aliphatic heterocycles. The van der Waals surface area contributed by atoms with Gasteiger partial charge in [-0.2, -0.15) is 0 Å². The molecule has 0 spiro atoms. The second-order valence-corrected chi connectivity index (χ2v) is 5.15. The Hall–Kier alpha value is -2.38. The van der Waals surface area contributed by atoms with Crippen molar-refractivity contribution in [2.24, 2.45) is 0 Å². The van der Waals surface area contributed by atoms with Crippen LogP contribution >= 0.6 is 0 Å². The van der Waals surface area contributed by atoms with Crippen molar-refractivity contribution < 1.29 is 23.9 Å². The molecule has 1 atom stereocenters. The highest BCUT2D eigenvalue weighted by Gasteiger charge is 2.30. The average Bonchev–Trinajstić information content (AvgIpc) is 2.98. The molecule has 2 saturated heterocycles. The lowest BCUT2D eigenvalue weighted by molar-refractivity contribution is -0.148. The minimum atomic E-state index is -0.789. The minimum absolute atomic E-state index is 0.137. The van der Waals surface area contributed by atoms with Crippen LogP contribution in [0.2, 0.25) is 0 Å². The summed E-state index contributed by atoms with van der Waals surface area (Å²) in [6.45, 7) is 5.04. The van der Waals surface area contributed by atoms with Gasteiger partial charge in [-0.15, -0.1) is 0 Å². The molecule has 2 aliphatic rings. The van der Waals surface area contributed by atoms with E-state index in [0.29, 0.717) is 32.6 Å². The molecule has 2 rings (SSSR count). The summed E-state index contributed by atoms with van der Waals surface area (Å²) in [5.41, 5.74) is 0. The van der Waals surface area contributed by atoms with Crippen LogP contribution in [0, 0.1) is 0 Å². The lowest BCUT2D eigenvalue weighted by Gasteiger charge is -2.34. The molecular weight excluding hydrogens is 290 g/mol. The Morgan fingerprint density at radius 2 is 1.86 bits per heavy atom. The maximum absolute atomic E-state index is 12.0. The zero-order valence-electron chi connectivity index (χ0n) is 12.2. The summed E-state index contributed by atoms with van der Waals surface area (Å²) in [7, 11) is 0. The standard InChI is InChI=1S/C14H19N3O5/c1-2-11(18)16-5-7-17(8-6-16)12(19)9-15-14(21)10-3-4-13(20)22-10/h2,10H,1,3-9H2,(H,15,21)/t10-/m1/s1. The molecule has 22 heavy (non-hydrogen) atoms. The Morgan fingerprint density at radius 3 is 2.41 bits per heavy atom. The predicted octanol–water partition coefficient (Wildman–Crippen LogP) is -1.33. The number of carbonyl (C=O) groups is 4. The predicted molar refractivity (Wildman–Crippen MR) is 75.5 cm³/mol. The van der Waals surface area contributed by atoms with E-state index < -0.39 is 18.0 Å². The van der Waals surface area contributed by atoms with Crippen LogP contribution in [0.25, 0.3) is 0 Å². The second kappa shape index (κ2) is 7.06. The van der Waals surface area contributed by atoms with E-state index in [1.54, 1.807) is 9.80 Å². The molecule has 0 aliphatic carbocycles. The van der Waals surface area contributed by atoms with Gasteiger partial charge in [0.1, 0.15) is 0 Å². The molecule has 0 radical (unpaired) electrons. The number of rotatable bonds is 4. The van der Waals surface area contributed by atoms with E-state index in [-0.39, 0.29) is 24.8 Å². The maximum Gasteiger partial charge on any atom is 0.306 e. The number of carbonyl (C=O) groups excluding carboxylic acids is 4. The third-order valence-corrected chi connectivity index (χ3v) is 3.71. The molecule has 0 aromatic carbocycles. The van der Waals surface area contributed by atoms with Gasteiger partial charge in [-0.05, 0) is 6.08 Å². The van der Waals surface area contributed by atoms with Crippen LogP contribution in [0.15, 0.2) is 12.7 Å². The van der Waals surface area contributed by atoms with Crippen molar-refractivity contribution in [3.63, 3.8) is 0 Å². The van der Waals surface area contributed by atoms with Gasteiger partial charge in [0.15, 0.2) is 6.10 Å². The van der Waals surface area contributed by atoms with Gasteiger partial charge in [-0.1, -0.05) is 6.58 Å². The molecule has 2 fully saturated rings. The SMILES string of the molecule is C=CC(=O)N1CCN(C(=O)CNC(=O)[C@H]2CCC(=O)O2)CC1. The van der Waals surface area contributed by atoms with E-state index in [4.69, 9.17) is 4.74 Å². The normalized spacial score (nSPS) is 21.3. The Labute approximate surface area is 128 Å². The van der Waals surface area contributed by atoms with Crippen LogP contribution in [-0.4, -0.2) is 72.3 Å². The molecular formula is C14H19N3O5. The number of nitrogens with zero attached hydrogens (tertiary/aromatic N) is 2. The summed E-state index contributed by atoms with van der Waals surface area (Å²) < 4.78 is 4.82. The van der Waals surface area contributed by atoms with E-state index in [2.05, 4.69) is 11.9 Å². The van der Waals surface area contributed by atoms with E-state index in [1.807, 2.05) is 0 Å². The van der Waals surface area contributed by atoms with Crippen molar-refractivity contribution in [1.29, 1.82) is 0 Å². The Kier molecular flexibility index (Phi) is 5.13. The monoisotopic (exact) mass is 309 g/mol. The van der Waals surface area contributed by atoms with E-state index in [1.165, 1.54) is 6.08 Å². The number of amides is 3. The number of cyclic esters (lactones) is 1. The van der Waals surface area contributed by atoms with Crippen LogP contribution in [-0.2, 0) is 23.9 Å². The van der Waals surface area contributed by atoms with Crippen molar-refractivity contribution in [1.82, 2.24) is 15.1 Å². The molecule has 120 valence electrons. The largest absolute Gasteiger partial charge is 0.452 e. The first-order chi connectivity index (χ1) is 10.5. The first kappa shape index (κ1) is 16.0. The zero-order valence-corrected chi connectivity index (χ0v) is 12.2. The van der Waals surface area contributed by atoms with E-state index in [0.717, 1.165) is 0 Å². The highest BCUT2D eigenvalue weighted by Crippen LogP contribution is 2.13. The zero-order chi connectivity index (χ0) is 16.1. The smallest absolute Gasteiger partial charge is 0.306 e. The lowest BCUT2D eigenvalue weighted by atomic mass is 10.2. The van der Waals surface area contributed by atoms with Gasteiger partial charge in [0, 0.05) is 39.0 Å². The summed E-state index contributed by atoms with van der Waals surface area (Å²) in [6, 6.07) is 0. The minimum Gasteiger partial charge on any atom is -0.452 e. The molecule has 0 aromatic rings. The van der Waals surface area contributed by atoms with Crippen molar-refractivity contribution in [2.45, 2.75) is 18.9 Å². The number of piperazine rings is 1. The van der Waals surface area contributed by atoms with Crippen LogP contribution < -0.4 is 5.32 Å². The number of ether oxygens (including phenoxy) is 1. The van der Waals surface area contributed by atoms with Crippen molar-refractivity contribution in [2.75, 3.05) is 32.7 Å². The second-order valence-electron chi connectivity index (χ2n) is 5.15. The van der Waals surface area contributed by atoms with E-state index in [9.17, 15) is 19.2 Å². The Morgan fingerprint density at radius 1 is 1.23 bits per heavy atom. The highest BCUT2D eigenvalue weighted by atomic mass is 16.6. The molecule has 3 amide bonds. The quantitative estimate of drug-likeness (QED) is 0.512. The summed E-state index contributed by atoms with van der Waals surface area (Å²) in [5, 5.41) is 2.48. The molecule has 0 unspecified atom stereocenters. The third-order valence-electron chi connectivity index (χ3n) is 3.71. The van der Waals surface area contributed by atoms with Crippen molar-refractivity contribution in [3.8, 4) is 0 Å². The van der Waals surface area contributed by atoms with Gasteiger partial charge in [0.2, 0.25) is 11.8 Å². The van der Waals surface area contributed by atoms with Gasteiger partial charge in [-0.25, -0.2) is 0 Å². The van der Waals surface area contributed by atoms with Gasteiger partial charge >= 0.3 is 5.97 Å². The molecule has 0 bridgehead atoms. The molecule has 8 heteroatoms. The molecule has 8 nitrogen and oxygen atoms in total. The summed E-state index contributed by atoms with van der Waals surface area (Å²) in [4.78, 5) is 49.3. The van der Waals surface area contributed by atoms with Crippen molar-refractivity contribution in [3.05, 3.63) is 12.7 Å². The number of hydrogen-bond acceptors (Lipinski definition) is 5. The first-order valence-electron chi connectivity index (χ1n) is 7.17. The third kappa shape index (κ3) is 3.84. The topological polar surface area (TPSA) is 96.0 Å². The molecule has 2 heterocycles. The van der Waals surface area contributed by atoms with Gasteiger partial charge < -0.3 is 19.9 Å². The van der Waals surface area contributed by atoms with Gasteiger partial charge in [0.25, 0.3) is 5.91 Å². The van der Waals surface area contributed by atoms with Crippen LogP contribution in [0.4, 0.5) is 0 Å². The summed E-state index contributed by atoms with van der Waals surface area (Å²) in [6.07, 6.45) is 1.04. The summed E-state index contributed by atoms with van der Waals surface area (Å²) in [5.74, 6) is -1.21. The van der Waals surface area contributed by atoms with Crippen LogP contribution in [0.3, 0.4) is 0 Å². The fraction of sp³-hybridized carbons (Fsp3) is 0.571. The van der Waals surface area contributed by atoms with Crippen LogP contribution in [0.1, 0.15) is 12.8 Å². The molecule has 0 saturated carbocycles. The lowest BCUT2D eigenvalue weighted by Crippen LogP contribution is -2.52. The van der Waals surface area contributed by atoms with Gasteiger partial charge in [-0.3, -0.25) is 19.2 Å². The van der Waals surface area contributed by atoms with Crippen LogP contribution in [0.5, 0.6) is 0 Å². The number of esters is 1. The average molecular weight is 309 g/mol. The Bertz CT molecular complexity index is 497.